The molecule has 1 N–H and O–H groups in total. The van der Waals surface area contributed by atoms with Crippen LogP contribution in [-0.2, 0) is 19.1 Å². The first-order valence-electron chi connectivity index (χ1n) is 6.43. The van der Waals surface area contributed by atoms with E-state index in [1.54, 1.807) is 0 Å². The summed E-state index contributed by atoms with van der Waals surface area (Å²) < 4.78 is 23.1. The summed E-state index contributed by atoms with van der Waals surface area (Å²) in [5.41, 5.74) is 0.291. The van der Waals surface area contributed by atoms with E-state index >= 15 is 0 Å². The topological polar surface area (TPSA) is 64.6 Å². The van der Waals surface area contributed by atoms with Crippen molar-refractivity contribution in [2.24, 2.45) is 0 Å². The number of rotatable bonds is 7. The largest absolute Gasteiger partial charge is 0.451 e. The minimum Gasteiger partial charge on any atom is -0.451 e. The quantitative estimate of drug-likeness (QED) is 0.619. The van der Waals surface area contributed by atoms with Gasteiger partial charge in [0.1, 0.15) is 5.82 Å². The summed E-state index contributed by atoms with van der Waals surface area (Å²) in [6, 6.07) is 5.43. The van der Waals surface area contributed by atoms with Crippen molar-refractivity contribution in [2.75, 3.05) is 11.9 Å². The number of ether oxygens (including phenoxy) is 2. The van der Waals surface area contributed by atoms with Crippen LogP contribution in [-0.4, -0.2) is 30.7 Å². The second-order valence-corrected chi connectivity index (χ2v) is 4.34. The summed E-state index contributed by atoms with van der Waals surface area (Å²) in [4.78, 5) is 23.5. The second-order valence-electron chi connectivity index (χ2n) is 4.34. The SMILES string of the molecule is C=CCOC(C)C(=O)OC(C)C(=O)Nc1cccc(F)c1. The standard InChI is InChI=1S/C15H18FNO4/c1-4-8-20-11(3)15(19)21-10(2)14(18)17-13-7-5-6-12(16)9-13/h4-7,9-11H,1,8H2,2-3H3,(H,17,18). The van der Waals surface area contributed by atoms with Crippen molar-refractivity contribution >= 4 is 17.6 Å². The molecule has 6 heteroatoms. The molecule has 0 radical (unpaired) electrons. The van der Waals surface area contributed by atoms with Crippen molar-refractivity contribution in [1.29, 1.82) is 0 Å². The van der Waals surface area contributed by atoms with Crippen molar-refractivity contribution < 1.29 is 23.5 Å². The molecule has 0 spiro atoms. The Morgan fingerprint density at radius 3 is 2.71 bits per heavy atom. The fourth-order valence-corrected chi connectivity index (χ4v) is 1.41. The van der Waals surface area contributed by atoms with Crippen molar-refractivity contribution in [3.8, 4) is 0 Å². The fraction of sp³-hybridized carbons (Fsp3) is 0.333. The first-order chi connectivity index (χ1) is 9.93. The highest BCUT2D eigenvalue weighted by Gasteiger charge is 2.22. The van der Waals surface area contributed by atoms with Gasteiger partial charge >= 0.3 is 5.97 Å². The minimum absolute atomic E-state index is 0.208. The van der Waals surface area contributed by atoms with E-state index in [2.05, 4.69) is 11.9 Å². The Hall–Kier alpha value is -2.21. The molecular weight excluding hydrogens is 277 g/mol. The van der Waals surface area contributed by atoms with E-state index in [1.807, 2.05) is 0 Å². The molecule has 0 aliphatic heterocycles. The lowest BCUT2D eigenvalue weighted by Gasteiger charge is -2.16. The molecule has 1 aromatic rings. The molecule has 1 amide bonds. The van der Waals surface area contributed by atoms with E-state index in [0.717, 1.165) is 0 Å². The molecule has 0 fully saturated rings. The van der Waals surface area contributed by atoms with Crippen LogP contribution in [0.2, 0.25) is 0 Å². The zero-order chi connectivity index (χ0) is 15.8. The molecule has 21 heavy (non-hydrogen) atoms. The number of anilines is 1. The summed E-state index contributed by atoms with van der Waals surface area (Å²) in [6.45, 7) is 6.61. The van der Waals surface area contributed by atoms with E-state index < -0.39 is 29.9 Å². The summed E-state index contributed by atoms with van der Waals surface area (Å²) in [5.74, 6) is -1.67. The molecular formula is C15H18FNO4. The van der Waals surface area contributed by atoms with Gasteiger partial charge in [-0.25, -0.2) is 9.18 Å². The van der Waals surface area contributed by atoms with E-state index in [9.17, 15) is 14.0 Å². The molecule has 2 atom stereocenters. The average Bonchev–Trinajstić information content (AvgIpc) is 2.44. The predicted octanol–water partition coefficient (Wildman–Crippen LogP) is 2.29. The Kier molecular flexibility index (Phi) is 6.55. The third kappa shape index (κ3) is 5.74. The lowest BCUT2D eigenvalue weighted by molar-refractivity contribution is -0.163. The van der Waals surface area contributed by atoms with Crippen LogP contribution >= 0.6 is 0 Å². The van der Waals surface area contributed by atoms with Crippen molar-refractivity contribution in [3.05, 3.63) is 42.7 Å². The molecule has 0 aliphatic rings. The van der Waals surface area contributed by atoms with E-state index in [0.29, 0.717) is 5.69 Å². The first kappa shape index (κ1) is 16.8. The van der Waals surface area contributed by atoms with Crippen molar-refractivity contribution in [2.45, 2.75) is 26.1 Å². The molecule has 114 valence electrons. The number of esters is 1. The van der Waals surface area contributed by atoms with Gasteiger partial charge in [-0.3, -0.25) is 4.79 Å². The third-order valence-electron chi connectivity index (χ3n) is 2.55. The maximum Gasteiger partial charge on any atom is 0.335 e. The van der Waals surface area contributed by atoms with Gasteiger partial charge in [-0.05, 0) is 32.0 Å². The molecule has 5 nitrogen and oxygen atoms in total. The molecule has 0 aromatic heterocycles. The molecule has 0 bridgehead atoms. The normalized spacial score (nSPS) is 13.1. The van der Waals surface area contributed by atoms with Gasteiger partial charge in [0.05, 0.1) is 6.61 Å². The summed E-state index contributed by atoms with van der Waals surface area (Å²) in [7, 11) is 0. The van der Waals surface area contributed by atoms with Gasteiger partial charge in [-0.15, -0.1) is 6.58 Å². The number of nitrogens with one attached hydrogen (secondary N) is 1. The molecule has 0 saturated carbocycles. The number of carbonyl (C=O) groups excluding carboxylic acids is 2. The first-order valence-corrected chi connectivity index (χ1v) is 6.43. The fourth-order valence-electron chi connectivity index (χ4n) is 1.41. The Morgan fingerprint density at radius 2 is 2.10 bits per heavy atom. The Labute approximate surface area is 122 Å². The van der Waals surface area contributed by atoms with Gasteiger partial charge in [0, 0.05) is 5.69 Å². The Bertz CT molecular complexity index is 518. The maximum absolute atomic E-state index is 13.0. The summed E-state index contributed by atoms with van der Waals surface area (Å²) >= 11 is 0. The van der Waals surface area contributed by atoms with Gasteiger partial charge < -0.3 is 14.8 Å². The van der Waals surface area contributed by atoms with Gasteiger partial charge in [0.15, 0.2) is 12.2 Å². The highest BCUT2D eigenvalue weighted by molar-refractivity contribution is 5.95. The molecule has 2 unspecified atom stereocenters. The number of benzene rings is 1. The zero-order valence-corrected chi connectivity index (χ0v) is 12.0. The van der Waals surface area contributed by atoms with Gasteiger partial charge in [0.25, 0.3) is 5.91 Å². The van der Waals surface area contributed by atoms with Crippen LogP contribution < -0.4 is 5.32 Å². The Morgan fingerprint density at radius 1 is 1.38 bits per heavy atom. The number of halogens is 1. The van der Waals surface area contributed by atoms with Gasteiger partial charge in [-0.1, -0.05) is 12.1 Å². The smallest absolute Gasteiger partial charge is 0.335 e. The van der Waals surface area contributed by atoms with Crippen LogP contribution in [0.25, 0.3) is 0 Å². The van der Waals surface area contributed by atoms with Crippen LogP contribution in [0, 0.1) is 5.82 Å². The zero-order valence-electron chi connectivity index (χ0n) is 12.0. The van der Waals surface area contributed by atoms with Gasteiger partial charge in [-0.2, -0.15) is 0 Å². The lowest BCUT2D eigenvalue weighted by Crippen LogP contribution is -2.34. The minimum atomic E-state index is -1.02. The second kappa shape index (κ2) is 8.16. The van der Waals surface area contributed by atoms with Crippen LogP contribution in [0.5, 0.6) is 0 Å². The number of hydrogen-bond acceptors (Lipinski definition) is 4. The molecule has 1 rings (SSSR count). The third-order valence-corrected chi connectivity index (χ3v) is 2.55. The number of amides is 1. The summed E-state index contributed by atoms with van der Waals surface area (Å²) in [5, 5.41) is 2.46. The van der Waals surface area contributed by atoms with E-state index in [4.69, 9.17) is 9.47 Å². The lowest BCUT2D eigenvalue weighted by atomic mass is 10.3. The van der Waals surface area contributed by atoms with Crippen molar-refractivity contribution in [1.82, 2.24) is 0 Å². The molecule has 0 aliphatic carbocycles. The Balaban J connectivity index is 2.50. The highest BCUT2D eigenvalue weighted by Crippen LogP contribution is 2.10. The van der Waals surface area contributed by atoms with Gasteiger partial charge in [0.2, 0.25) is 0 Å². The predicted molar refractivity (Wildman–Crippen MR) is 76.2 cm³/mol. The number of hydrogen-bond donors (Lipinski definition) is 1. The number of carbonyl (C=O) groups is 2. The van der Waals surface area contributed by atoms with Crippen LogP contribution in [0.15, 0.2) is 36.9 Å². The summed E-state index contributed by atoms with van der Waals surface area (Å²) in [6.07, 6.45) is -0.313. The van der Waals surface area contributed by atoms with Crippen LogP contribution in [0.4, 0.5) is 10.1 Å². The molecule has 0 saturated heterocycles. The average molecular weight is 295 g/mol. The highest BCUT2D eigenvalue weighted by atomic mass is 19.1. The molecule has 1 aromatic carbocycles. The monoisotopic (exact) mass is 295 g/mol. The van der Waals surface area contributed by atoms with Crippen LogP contribution in [0.3, 0.4) is 0 Å². The van der Waals surface area contributed by atoms with Crippen molar-refractivity contribution in [3.63, 3.8) is 0 Å². The molecule has 0 heterocycles. The van der Waals surface area contributed by atoms with E-state index in [-0.39, 0.29) is 6.61 Å². The maximum atomic E-state index is 13.0. The van der Waals surface area contributed by atoms with Crippen LogP contribution in [0.1, 0.15) is 13.8 Å². The van der Waals surface area contributed by atoms with E-state index in [1.165, 1.54) is 44.2 Å².